The Morgan fingerprint density at radius 3 is 3.00 bits per heavy atom. The number of rotatable bonds is 3. The van der Waals surface area contributed by atoms with Crippen molar-refractivity contribution in [1.29, 1.82) is 0 Å². The molecule has 0 aromatic carbocycles. The van der Waals surface area contributed by atoms with E-state index in [2.05, 4.69) is 11.9 Å². The van der Waals surface area contributed by atoms with E-state index in [9.17, 15) is 5.11 Å². The van der Waals surface area contributed by atoms with Crippen LogP contribution in [0.1, 0.15) is 49.8 Å². The third kappa shape index (κ3) is 2.43. The van der Waals surface area contributed by atoms with Gasteiger partial charge in [0.2, 0.25) is 0 Å². The average Bonchev–Trinajstić information content (AvgIpc) is 2.38. The Labute approximate surface area is 109 Å². The molecular formula is C15H24N2O. The van der Waals surface area contributed by atoms with Crippen LogP contribution in [-0.4, -0.2) is 16.6 Å². The largest absolute Gasteiger partial charge is 0.388 e. The van der Waals surface area contributed by atoms with Crippen molar-refractivity contribution >= 4 is 0 Å². The topological polar surface area (TPSA) is 59.1 Å². The highest BCUT2D eigenvalue weighted by molar-refractivity contribution is 5.26. The third-order valence-corrected chi connectivity index (χ3v) is 4.49. The number of aliphatic hydroxyl groups excluding tert-OH is 1. The number of aromatic nitrogens is 1. The fourth-order valence-electron chi connectivity index (χ4n) is 3.34. The zero-order valence-electron chi connectivity index (χ0n) is 11.4. The lowest BCUT2D eigenvalue weighted by molar-refractivity contribution is -0.0136. The zero-order chi connectivity index (χ0) is 13.2. The van der Waals surface area contributed by atoms with Crippen LogP contribution in [0.5, 0.6) is 0 Å². The zero-order valence-corrected chi connectivity index (χ0v) is 11.4. The van der Waals surface area contributed by atoms with Crippen molar-refractivity contribution < 1.29 is 5.11 Å². The minimum absolute atomic E-state index is 0.161. The van der Waals surface area contributed by atoms with Crippen LogP contribution in [0.4, 0.5) is 0 Å². The molecule has 3 heteroatoms. The summed E-state index contributed by atoms with van der Waals surface area (Å²) in [6.07, 6.45) is 7.51. The van der Waals surface area contributed by atoms with Gasteiger partial charge < -0.3 is 10.8 Å². The maximum Gasteiger partial charge on any atom is 0.0875 e. The van der Waals surface area contributed by atoms with Gasteiger partial charge in [-0.15, -0.1) is 0 Å². The summed E-state index contributed by atoms with van der Waals surface area (Å²) >= 11 is 0. The standard InChI is InChI=1S/C15H24N2O/c1-11-4-3-6-15(8-11,10-16)14(18)13-9-17-7-5-12(13)2/h5,7,9,11,14,18H,3-4,6,8,10,16H2,1-2H3. The molecule has 2 rings (SSSR count). The van der Waals surface area contributed by atoms with Crippen LogP contribution in [0.15, 0.2) is 18.5 Å². The predicted molar refractivity (Wildman–Crippen MR) is 73.1 cm³/mol. The van der Waals surface area contributed by atoms with Crippen molar-refractivity contribution in [2.75, 3.05) is 6.54 Å². The molecule has 0 aliphatic heterocycles. The van der Waals surface area contributed by atoms with Gasteiger partial charge in [0.25, 0.3) is 0 Å². The number of hydrogen-bond donors (Lipinski definition) is 2. The smallest absolute Gasteiger partial charge is 0.0875 e. The summed E-state index contributed by atoms with van der Waals surface area (Å²) in [6, 6.07) is 1.95. The molecule has 1 saturated carbocycles. The molecule has 100 valence electrons. The van der Waals surface area contributed by atoms with Gasteiger partial charge in [0, 0.05) is 29.9 Å². The summed E-state index contributed by atoms with van der Waals surface area (Å²) in [6.45, 7) is 4.83. The van der Waals surface area contributed by atoms with Crippen LogP contribution in [0, 0.1) is 18.3 Å². The average molecular weight is 248 g/mol. The Morgan fingerprint density at radius 2 is 2.39 bits per heavy atom. The highest BCUT2D eigenvalue weighted by Gasteiger charge is 2.41. The third-order valence-electron chi connectivity index (χ3n) is 4.49. The second kappa shape index (κ2) is 5.37. The van der Waals surface area contributed by atoms with Crippen LogP contribution in [0.3, 0.4) is 0 Å². The molecule has 3 nitrogen and oxygen atoms in total. The molecule has 1 fully saturated rings. The number of nitrogens with zero attached hydrogens (tertiary/aromatic N) is 1. The SMILES string of the molecule is Cc1ccncc1C(O)C1(CN)CCCC(C)C1. The fraction of sp³-hybridized carbons (Fsp3) is 0.667. The predicted octanol–water partition coefficient (Wildman–Crippen LogP) is 2.58. The summed E-state index contributed by atoms with van der Waals surface area (Å²) in [5.41, 5.74) is 7.89. The minimum atomic E-state index is -0.487. The Hall–Kier alpha value is -0.930. The van der Waals surface area contributed by atoms with Crippen molar-refractivity contribution in [1.82, 2.24) is 4.98 Å². The van der Waals surface area contributed by atoms with Gasteiger partial charge in [0.15, 0.2) is 0 Å². The molecule has 0 bridgehead atoms. The molecule has 3 atom stereocenters. The fourth-order valence-corrected chi connectivity index (χ4v) is 3.34. The van der Waals surface area contributed by atoms with E-state index < -0.39 is 6.10 Å². The molecule has 1 aromatic rings. The minimum Gasteiger partial charge on any atom is -0.388 e. The first kappa shape index (κ1) is 13.5. The molecule has 3 N–H and O–H groups in total. The molecule has 1 aliphatic rings. The Morgan fingerprint density at radius 1 is 1.61 bits per heavy atom. The molecule has 0 amide bonds. The van der Waals surface area contributed by atoms with E-state index in [1.54, 1.807) is 12.4 Å². The number of pyridine rings is 1. The Balaban J connectivity index is 2.30. The van der Waals surface area contributed by atoms with Crippen LogP contribution < -0.4 is 5.73 Å². The molecule has 3 unspecified atom stereocenters. The maximum atomic E-state index is 10.8. The molecule has 18 heavy (non-hydrogen) atoms. The first-order chi connectivity index (χ1) is 8.59. The Bertz CT molecular complexity index is 407. The van der Waals surface area contributed by atoms with Gasteiger partial charge >= 0.3 is 0 Å². The van der Waals surface area contributed by atoms with Crippen LogP contribution in [0.2, 0.25) is 0 Å². The molecule has 0 saturated heterocycles. The summed E-state index contributed by atoms with van der Waals surface area (Å²) in [5, 5.41) is 10.8. The van der Waals surface area contributed by atoms with Crippen LogP contribution in [-0.2, 0) is 0 Å². The van der Waals surface area contributed by atoms with Gasteiger partial charge in [-0.2, -0.15) is 0 Å². The summed E-state index contributed by atoms with van der Waals surface area (Å²) in [4.78, 5) is 4.15. The first-order valence-electron chi connectivity index (χ1n) is 6.88. The molecule has 0 spiro atoms. The van der Waals surface area contributed by atoms with E-state index in [-0.39, 0.29) is 5.41 Å². The van der Waals surface area contributed by atoms with E-state index in [4.69, 9.17) is 5.73 Å². The van der Waals surface area contributed by atoms with E-state index in [1.807, 2.05) is 13.0 Å². The van der Waals surface area contributed by atoms with Gasteiger partial charge in [0.05, 0.1) is 6.10 Å². The second-order valence-corrected chi connectivity index (χ2v) is 5.90. The summed E-state index contributed by atoms with van der Waals surface area (Å²) in [5.74, 6) is 0.647. The number of hydrogen-bond acceptors (Lipinski definition) is 3. The van der Waals surface area contributed by atoms with Crippen molar-refractivity contribution in [2.45, 2.75) is 45.6 Å². The van der Waals surface area contributed by atoms with Gasteiger partial charge in [-0.3, -0.25) is 4.98 Å². The van der Waals surface area contributed by atoms with Gasteiger partial charge in [0.1, 0.15) is 0 Å². The number of nitrogens with two attached hydrogens (primary N) is 1. The van der Waals surface area contributed by atoms with E-state index >= 15 is 0 Å². The molecule has 1 aromatic heterocycles. The highest BCUT2D eigenvalue weighted by Crippen LogP contribution is 2.47. The highest BCUT2D eigenvalue weighted by atomic mass is 16.3. The number of aryl methyl sites for hydroxylation is 1. The maximum absolute atomic E-state index is 10.8. The lowest BCUT2D eigenvalue weighted by Gasteiger charge is -2.43. The van der Waals surface area contributed by atoms with Crippen molar-refractivity contribution in [2.24, 2.45) is 17.1 Å². The van der Waals surface area contributed by atoms with Crippen molar-refractivity contribution in [3.8, 4) is 0 Å². The quantitative estimate of drug-likeness (QED) is 0.864. The molecule has 0 radical (unpaired) electrons. The number of aliphatic hydroxyl groups is 1. The second-order valence-electron chi connectivity index (χ2n) is 5.90. The van der Waals surface area contributed by atoms with Gasteiger partial charge in [-0.25, -0.2) is 0 Å². The van der Waals surface area contributed by atoms with Crippen LogP contribution >= 0.6 is 0 Å². The molecule has 1 aliphatic carbocycles. The van der Waals surface area contributed by atoms with E-state index in [0.717, 1.165) is 30.4 Å². The Kier molecular flexibility index (Phi) is 4.03. The molecule has 1 heterocycles. The van der Waals surface area contributed by atoms with Crippen molar-refractivity contribution in [3.05, 3.63) is 29.6 Å². The van der Waals surface area contributed by atoms with Gasteiger partial charge in [-0.1, -0.05) is 19.8 Å². The monoisotopic (exact) mass is 248 g/mol. The van der Waals surface area contributed by atoms with E-state index in [1.165, 1.54) is 6.42 Å². The van der Waals surface area contributed by atoms with E-state index in [0.29, 0.717) is 12.5 Å². The first-order valence-corrected chi connectivity index (χ1v) is 6.88. The normalized spacial score (nSPS) is 30.1. The lowest BCUT2D eigenvalue weighted by atomic mass is 9.65. The van der Waals surface area contributed by atoms with Crippen molar-refractivity contribution in [3.63, 3.8) is 0 Å². The molecular weight excluding hydrogens is 224 g/mol. The summed E-state index contributed by atoms with van der Waals surface area (Å²) in [7, 11) is 0. The lowest BCUT2D eigenvalue weighted by Crippen LogP contribution is -2.40. The summed E-state index contributed by atoms with van der Waals surface area (Å²) < 4.78 is 0. The van der Waals surface area contributed by atoms with Crippen LogP contribution in [0.25, 0.3) is 0 Å². The van der Waals surface area contributed by atoms with Gasteiger partial charge in [-0.05, 0) is 37.3 Å².